The molecule has 3 amide bonds. The van der Waals surface area contributed by atoms with Crippen molar-refractivity contribution in [2.45, 2.75) is 6.10 Å². The second kappa shape index (κ2) is 11.3. The number of halogens is 1. The summed E-state index contributed by atoms with van der Waals surface area (Å²) in [4.78, 5) is 32.8. The van der Waals surface area contributed by atoms with E-state index in [0.29, 0.717) is 49.2 Å². The third-order valence-corrected chi connectivity index (χ3v) is 7.41. The Labute approximate surface area is 227 Å². The van der Waals surface area contributed by atoms with Crippen LogP contribution in [0.4, 0.5) is 30.5 Å². The molecular formula is C24H26FN7O4S2. The quantitative estimate of drug-likeness (QED) is 0.406. The fourth-order valence-corrected chi connectivity index (χ4v) is 5.20. The monoisotopic (exact) mass is 559 g/mol. The molecule has 1 atom stereocenters. The Morgan fingerprint density at radius 1 is 1.29 bits per heavy atom. The number of ether oxygens (including phenoxy) is 2. The Morgan fingerprint density at radius 3 is 2.92 bits per heavy atom. The van der Waals surface area contributed by atoms with Crippen molar-refractivity contribution in [2.75, 3.05) is 61.5 Å². The van der Waals surface area contributed by atoms with Crippen LogP contribution in [-0.2, 0) is 9.47 Å². The first-order valence-corrected chi connectivity index (χ1v) is 13.2. The van der Waals surface area contributed by atoms with Gasteiger partial charge in [-0.1, -0.05) is 23.5 Å². The number of thiazole rings is 1. The third-order valence-electron chi connectivity index (χ3n) is 6.15. The summed E-state index contributed by atoms with van der Waals surface area (Å²) in [7, 11) is 1.45. The molecule has 5 rings (SSSR count). The van der Waals surface area contributed by atoms with Gasteiger partial charge >= 0.3 is 12.1 Å². The Hall–Kier alpha value is -3.75. The van der Waals surface area contributed by atoms with Crippen molar-refractivity contribution in [3.05, 3.63) is 48.3 Å². The topological polar surface area (TPSA) is 111 Å². The number of amides is 3. The van der Waals surface area contributed by atoms with E-state index in [1.54, 1.807) is 12.1 Å². The smallest absolute Gasteiger partial charge is 0.414 e. The maximum atomic E-state index is 15.2. The highest BCUT2D eigenvalue weighted by atomic mass is 32.1. The molecule has 1 aromatic heterocycles. The highest BCUT2D eigenvalue weighted by Gasteiger charge is 2.33. The van der Waals surface area contributed by atoms with Crippen LogP contribution < -0.4 is 25.9 Å². The molecular weight excluding hydrogens is 533 g/mol. The number of urea groups is 1. The molecule has 0 spiro atoms. The van der Waals surface area contributed by atoms with Crippen molar-refractivity contribution in [1.82, 2.24) is 20.7 Å². The highest BCUT2D eigenvalue weighted by Crippen LogP contribution is 2.29. The summed E-state index contributed by atoms with van der Waals surface area (Å²) in [5.74, 6) is -0.468. The summed E-state index contributed by atoms with van der Waals surface area (Å²) in [6.45, 7) is 2.21. The molecule has 2 aliphatic heterocycles. The number of hydrogen-bond acceptors (Lipinski definition) is 9. The lowest BCUT2D eigenvalue weighted by atomic mass is 10.2. The predicted octanol–water partition coefficient (Wildman–Crippen LogP) is 3.14. The van der Waals surface area contributed by atoms with E-state index in [0.717, 1.165) is 10.2 Å². The van der Waals surface area contributed by atoms with Gasteiger partial charge in [0, 0.05) is 19.6 Å². The van der Waals surface area contributed by atoms with Gasteiger partial charge in [-0.2, -0.15) is 0 Å². The molecule has 11 nitrogen and oxygen atoms in total. The molecule has 200 valence electrons. The number of hydrazine groups is 1. The van der Waals surface area contributed by atoms with Crippen molar-refractivity contribution in [3.8, 4) is 0 Å². The van der Waals surface area contributed by atoms with Gasteiger partial charge in [-0.25, -0.2) is 24.4 Å². The minimum absolute atomic E-state index is 0.203. The first kappa shape index (κ1) is 25.9. The molecule has 3 heterocycles. The fourth-order valence-electron chi connectivity index (χ4n) is 4.26. The highest BCUT2D eigenvalue weighted by molar-refractivity contribution is 7.80. The standard InChI is InChI=1S/C24H26FN7O4S2/c1-35-23(37)26-13-16-14-31(24(34)36-16)15-6-7-19(17(25)12-15)30-9-8-27-32(11-10-30)22(33)29-21-28-18-4-2-3-5-20(18)38-21/h2-7,12,16,27H,8-11,13-14H2,1H3,(H,26,37)(H,28,29,33)/t16-/m0/s1. The Bertz CT molecular complexity index is 1320. The number of rotatable bonds is 5. The summed E-state index contributed by atoms with van der Waals surface area (Å²) in [5.41, 5.74) is 4.70. The van der Waals surface area contributed by atoms with E-state index in [1.807, 2.05) is 29.2 Å². The molecule has 2 aromatic carbocycles. The number of carbonyl (C=O) groups excluding carboxylic acids is 2. The van der Waals surface area contributed by atoms with Crippen LogP contribution in [0.5, 0.6) is 0 Å². The number of anilines is 3. The minimum Gasteiger partial charge on any atom is -0.474 e. The van der Waals surface area contributed by atoms with Gasteiger partial charge in [0.05, 0.1) is 48.3 Å². The number of nitrogens with zero attached hydrogens (tertiary/aromatic N) is 4. The molecule has 2 saturated heterocycles. The largest absolute Gasteiger partial charge is 0.474 e. The SMILES string of the molecule is COC(=S)NC[C@H]1CN(c2ccc(N3CCNN(C(=O)Nc4nc5ccccc5s4)CC3)c(F)c2)C(=O)O1. The van der Waals surface area contributed by atoms with E-state index in [1.165, 1.54) is 34.4 Å². The molecule has 2 aliphatic rings. The van der Waals surface area contributed by atoms with Crippen molar-refractivity contribution < 1.29 is 23.5 Å². The third kappa shape index (κ3) is 5.71. The van der Waals surface area contributed by atoms with E-state index >= 15 is 4.39 Å². The molecule has 14 heteroatoms. The normalized spacial score (nSPS) is 17.8. The van der Waals surface area contributed by atoms with E-state index in [-0.39, 0.29) is 17.8 Å². The molecule has 38 heavy (non-hydrogen) atoms. The zero-order valence-corrected chi connectivity index (χ0v) is 22.1. The second-order valence-electron chi connectivity index (χ2n) is 8.59. The fraction of sp³-hybridized carbons (Fsp3) is 0.333. The van der Waals surface area contributed by atoms with Crippen LogP contribution in [0.15, 0.2) is 42.5 Å². The van der Waals surface area contributed by atoms with Crippen molar-refractivity contribution in [3.63, 3.8) is 0 Å². The van der Waals surface area contributed by atoms with Crippen LogP contribution in [0.2, 0.25) is 0 Å². The lowest BCUT2D eigenvalue weighted by Crippen LogP contribution is -2.46. The van der Waals surface area contributed by atoms with Gasteiger partial charge < -0.3 is 19.7 Å². The van der Waals surface area contributed by atoms with E-state index in [9.17, 15) is 9.59 Å². The Morgan fingerprint density at radius 2 is 2.13 bits per heavy atom. The summed E-state index contributed by atoms with van der Waals surface area (Å²) in [5, 5.41) is 7.87. The molecule has 0 saturated carbocycles. The molecule has 3 aromatic rings. The number of carbonyl (C=O) groups is 2. The summed E-state index contributed by atoms with van der Waals surface area (Å²) < 4.78 is 26.4. The van der Waals surface area contributed by atoms with E-state index in [2.05, 4.69) is 21.0 Å². The van der Waals surface area contributed by atoms with Crippen LogP contribution >= 0.6 is 23.6 Å². The first-order valence-electron chi connectivity index (χ1n) is 11.9. The lowest BCUT2D eigenvalue weighted by molar-refractivity contribution is 0.142. The van der Waals surface area contributed by atoms with Crippen LogP contribution in [0.3, 0.4) is 0 Å². The van der Waals surface area contributed by atoms with Crippen molar-refractivity contribution in [2.24, 2.45) is 0 Å². The number of hydrogen-bond donors (Lipinski definition) is 3. The Kier molecular flexibility index (Phi) is 7.72. The zero-order valence-electron chi connectivity index (χ0n) is 20.5. The predicted molar refractivity (Wildman–Crippen MR) is 147 cm³/mol. The summed E-state index contributed by atoms with van der Waals surface area (Å²) >= 11 is 6.34. The average Bonchev–Trinajstić information content (AvgIpc) is 3.40. The molecule has 0 bridgehead atoms. The number of thiocarbonyl (C=S) groups is 1. The van der Waals surface area contributed by atoms with Gasteiger partial charge in [-0.05, 0) is 42.5 Å². The molecule has 0 aliphatic carbocycles. The Balaban J connectivity index is 1.19. The number of benzene rings is 2. The van der Waals surface area contributed by atoms with Gasteiger partial charge in [-0.3, -0.25) is 15.2 Å². The lowest BCUT2D eigenvalue weighted by Gasteiger charge is -2.24. The van der Waals surface area contributed by atoms with Crippen LogP contribution in [-0.4, -0.2) is 79.8 Å². The van der Waals surface area contributed by atoms with Gasteiger partial charge in [0.15, 0.2) is 5.13 Å². The average molecular weight is 560 g/mol. The number of fused-ring (bicyclic) bond motifs is 1. The van der Waals surface area contributed by atoms with Crippen LogP contribution in [0.1, 0.15) is 0 Å². The van der Waals surface area contributed by atoms with Gasteiger partial charge in [0.2, 0.25) is 0 Å². The van der Waals surface area contributed by atoms with Gasteiger partial charge in [-0.15, -0.1) is 0 Å². The molecule has 0 unspecified atom stereocenters. The molecule has 2 fully saturated rings. The minimum atomic E-state index is -0.555. The van der Waals surface area contributed by atoms with Crippen molar-refractivity contribution >= 4 is 67.6 Å². The number of cyclic esters (lactones) is 1. The number of para-hydroxylation sites is 1. The number of nitrogens with one attached hydrogen (secondary N) is 3. The zero-order chi connectivity index (χ0) is 26.6. The summed E-state index contributed by atoms with van der Waals surface area (Å²) in [6.07, 6.45) is -1.00. The number of aromatic nitrogens is 1. The van der Waals surface area contributed by atoms with Crippen LogP contribution in [0.25, 0.3) is 10.2 Å². The molecule has 0 radical (unpaired) electrons. The van der Waals surface area contributed by atoms with Crippen molar-refractivity contribution in [1.29, 1.82) is 0 Å². The number of methoxy groups -OCH3 is 1. The van der Waals surface area contributed by atoms with E-state index < -0.39 is 18.0 Å². The maximum Gasteiger partial charge on any atom is 0.414 e. The summed E-state index contributed by atoms with van der Waals surface area (Å²) in [6, 6.07) is 12.0. The van der Waals surface area contributed by atoms with Gasteiger partial charge in [0.25, 0.3) is 5.17 Å². The first-order chi connectivity index (χ1) is 18.4. The maximum absolute atomic E-state index is 15.2. The van der Waals surface area contributed by atoms with E-state index in [4.69, 9.17) is 21.7 Å². The van der Waals surface area contributed by atoms with Crippen LogP contribution in [0, 0.1) is 5.82 Å². The van der Waals surface area contributed by atoms with Gasteiger partial charge in [0.1, 0.15) is 11.9 Å². The second-order valence-corrected chi connectivity index (χ2v) is 9.99. The molecule has 3 N–H and O–H groups in total.